The average Bonchev–Trinajstić information content (AvgIpc) is 3.50. The van der Waals surface area contributed by atoms with Crippen LogP contribution in [-0.2, 0) is 25.7 Å². The Balaban J connectivity index is 1.60. The van der Waals surface area contributed by atoms with Crippen molar-refractivity contribution >= 4 is 35.0 Å². The van der Waals surface area contributed by atoms with Crippen LogP contribution in [-0.4, -0.2) is 63.4 Å². The molecule has 218 valence electrons. The molecule has 3 atom stereocenters. The van der Waals surface area contributed by atoms with Gasteiger partial charge in [0.2, 0.25) is 23.6 Å². The average molecular weight is 572 g/mol. The zero-order valence-corrected chi connectivity index (χ0v) is 24.6. The van der Waals surface area contributed by atoms with Crippen molar-refractivity contribution in [2.75, 3.05) is 6.54 Å². The molecule has 0 radical (unpaired) electrons. The zero-order valence-electron chi connectivity index (χ0n) is 23.7. The number of aryl methyl sites for hydroxylation is 1. The number of aliphatic hydroxyl groups excluding tert-OH is 1. The lowest BCUT2D eigenvalue weighted by molar-refractivity contribution is -0.144. The summed E-state index contributed by atoms with van der Waals surface area (Å²) in [5, 5.41) is 16.1. The number of carbonyl (C=O) groups is 4. The van der Waals surface area contributed by atoms with E-state index >= 15 is 0 Å². The number of unbranched alkanes of at least 4 members (excludes halogenated alkanes) is 2. The number of nitrogens with one attached hydrogen (secondary N) is 2. The first kappa shape index (κ1) is 31.2. The maximum Gasteiger partial charge on any atom is 0.246 e. The molecule has 0 bridgehead atoms. The highest BCUT2D eigenvalue weighted by Gasteiger charge is 2.44. The van der Waals surface area contributed by atoms with E-state index in [1.54, 1.807) is 11.3 Å². The van der Waals surface area contributed by atoms with Crippen molar-refractivity contribution in [1.29, 1.82) is 0 Å². The second kappa shape index (κ2) is 13.8. The van der Waals surface area contributed by atoms with E-state index in [1.807, 2.05) is 57.5 Å². The Bertz CT molecular complexity index is 1190. The molecule has 1 aliphatic rings. The summed E-state index contributed by atoms with van der Waals surface area (Å²) in [4.78, 5) is 57.2. The predicted octanol–water partition coefficient (Wildman–Crippen LogP) is 2.66. The molecule has 0 unspecified atom stereocenters. The van der Waals surface area contributed by atoms with E-state index in [9.17, 15) is 24.3 Å². The maximum atomic E-state index is 13.7. The molecule has 1 aliphatic heterocycles. The van der Waals surface area contributed by atoms with Crippen LogP contribution in [0, 0.1) is 12.3 Å². The van der Waals surface area contributed by atoms with Gasteiger partial charge in [0.15, 0.2) is 0 Å². The molecule has 40 heavy (non-hydrogen) atoms. The lowest BCUT2D eigenvalue weighted by atomic mass is 9.85. The summed E-state index contributed by atoms with van der Waals surface area (Å²) in [7, 11) is 0. The summed E-state index contributed by atoms with van der Waals surface area (Å²) >= 11 is 1.58. The van der Waals surface area contributed by atoms with Gasteiger partial charge >= 0.3 is 0 Å². The number of rotatable bonds is 12. The second-order valence-electron chi connectivity index (χ2n) is 11.5. The van der Waals surface area contributed by atoms with Gasteiger partial charge in [0.1, 0.15) is 12.1 Å². The van der Waals surface area contributed by atoms with Gasteiger partial charge in [-0.05, 0) is 36.3 Å². The number of β-amino-alcohol motifs (C(OH)–C–C–N with tert-alkyl or cyclic N) is 1. The number of carbonyl (C=O) groups excluding carboxylic acids is 4. The minimum absolute atomic E-state index is 0.0232. The number of nitrogens with zero attached hydrogens (tertiary/aromatic N) is 2. The molecule has 3 rings (SSSR count). The van der Waals surface area contributed by atoms with E-state index in [-0.39, 0.29) is 50.1 Å². The molecule has 2 aromatic rings. The Labute approximate surface area is 239 Å². The third kappa shape index (κ3) is 8.59. The summed E-state index contributed by atoms with van der Waals surface area (Å²) in [6.07, 6.45) is 1.66. The minimum atomic E-state index is -0.867. The fourth-order valence-electron chi connectivity index (χ4n) is 4.78. The van der Waals surface area contributed by atoms with Crippen LogP contribution in [0.2, 0.25) is 0 Å². The van der Waals surface area contributed by atoms with Crippen molar-refractivity contribution < 1.29 is 24.3 Å². The predicted molar refractivity (Wildman–Crippen MR) is 154 cm³/mol. The number of aromatic nitrogens is 1. The summed E-state index contributed by atoms with van der Waals surface area (Å²) < 4.78 is 0. The van der Waals surface area contributed by atoms with Gasteiger partial charge in [-0.2, -0.15) is 0 Å². The van der Waals surface area contributed by atoms with Crippen molar-refractivity contribution in [3.63, 3.8) is 0 Å². The molecule has 1 fully saturated rings. The lowest BCUT2D eigenvalue weighted by Crippen LogP contribution is -2.57. The van der Waals surface area contributed by atoms with Gasteiger partial charge in [-0.1, -0.05) is 51.5 Å². The number of hydrogen-bond donors (Lipinski definition) is 4. The normalized spacial score (nSPS) is 17.9. The highest BCUT2D eigenvalue weighted by atomic mass is 32.1. The molecule has 10 nitrogen and oxygen atoms in total. The molecular weight excluding hydrogens is 530 g/mol. The molecule has 5 N–H and O–H groups in total. The molecule has 1 aromatic heterocycles. The van der Waals surface area contributed by atoms with Crippen LogP contribution >= 0.6 is 11.3 Å². The highest BCUT2D eigenvalue weighted by molar-refractivity contribution is 7.13. The molecular formula is C29H41N5O5S. The van der Waals surface area contributed by atoms with Crippen molar-refractivity contribution in [3.05, 3.63) is 41.0 Å². The van der Waals surface area contributed by atoms with E-state index in [4.69, 9.17) is 5.73 Å². The first-order valence-corrected chi connectivity index (χ1v) is 14.6. The first-order chi connectivity index (χ1) is 18.9. The van der Waals surface area contributed by atoms with Crippen LogP contribution in [0.15, 0.2) is 29.8 Å². The largest absolute Gasteiger partial charge is 0.391 e. The third-order valence-electron chi connectivity index (χ3n) is 7.04. The van der Waals surface area contributed by atoms with Gasteiger partial charge < -0.3 is 26.4 Å². The smallest absolute Gasteiger partial charge is 0.246 e. The molecule has 1 saturated heterocycles. The van der Waals surface area contributed by atoms with E-state index in [1.165, 1.54) is 4.90 Å². The number of thiazole rings is 1. The molecule has 1 aromatic carbocycles. The Kier molecular flexibility index (Phi) is 10.8. The van der Waals surface area contributed by atoms with E-state index in [2.05, 4.69) is 15.6 Å². The van der Waals surface area contributed by atoms with Crippen molar-refractivity contribution in [2.24, 2.45) is 11.1 Å². The third-order valence-corrected chi connectivity index (χ3v) is 8.02. The van der Waals surface area contributed by atoms with E-state index in [0.29, 0.717) is 19.3 Å². The van der Waals surface area contributed by atoms with Gasteiger partial charge in [-0.15, -0.1) is 11.3 Å². The Hall–Kier alpha value is -3.31. The number of amides is 4. The van der Waals surface area contributed by atoms with Gasteiger partial charge in [-0.25, -0.2) is 4.98 Å². The van der Waals surface area contributed by atoms with Crippen molar-refractivity contribution in [2.45, 2.75) is 91.0 Å². The number of likely N-dealkylation sites (tertiary alicyclic amines) is 1. The van der Waals surface area contributed by atoms with Crippen LogP contribution in [0.1, 0.15) is 70.6 Å². The van der Waals surface area contributed by atoms with Crippen LogP contribution < -0.4 is 16.4 Å². The zero-order chi connectivity index (χ0) is 29.4. The van der Waals surface area contributed by atoms with Crippen LogP contribution in [0.4, 0.5) is 0 Å². The Morgan fingerprint density at radius 2 is 1.80 bits per heavy atom. The van der Waals surface area contributed by atoms with Crippen LogP contribution in [0.5, 0.6) is 0 Å². The van der Waals surface area contributed by atoms with Crippen LogP contribution in [0.25, 0.3) is 10.4 Å². The summed E-state index contributed by atoms with van der Waals surface area (Å²) in [6, 6.07) is 6.17. The monoisotopic (exact) mass is 571 g/mol. The fraction of sp³-hybridized carbons (Fsp3) is 0.552. The molecule has 11 heteroatoms. The van der Waals surface area contributed by atoms with Crippen LogP contribution in [0.3, 0.4) is 0 Å². The van der Waals surface area contributed by atoms with Crippen molar-refractivity contribution in [3.8, 4) is 10.4 Å². The van der Waals surface area contributed by atoms with Crippen molar-refractivity contribution in [1.82, 2.24) is 20.5 Å². The summed E-state index contributed by atoms with van der Waals surface area (Å²) in [5.74, 6) is -1.38. The molecule has 0 saturated carbocycles. The summed E-state index contributed by atoms with van der Waals surface area (Å²) in [5.41, 5.74) is 9.29. The molecule has 4 amide bonds. The number of hydrogen-bond acceptors (Lipinski definition) is 7. The number of benzene rings is 1. The van der Waals surface area contributed by atoms with Gasteiger partial charge in [0, 0.05) is 32.4 Å². The highest BCUT2D eigenvalue weighted by Crippen LogP contribution is 2.28. The first-order valence-electron chi connectivity index (χ1n) is 13.7. The number of primary amides is 1. The molecule has 0 spiro atoms. The van der Waals surface area contributed by atoms with Gasteiger partial charge in [-0.3, -0.25) is 19.2 Å². The van der Waals surface area contributed by atoms with Gasteiger partial charge in [0.25, 0.3) is 0 Å². The standard InChI is InChI=1S/C29H41N5O5S/c1-18-25(40-17-32-18)20-12-10-19(11-13-20)15-31-27(38)22-14-21(35)16-34(22)28(39)26(29(2,3)4)33-24(37)9-7-5-6-8-23(30)36/h10-13,17,21-22,26,35H,5-9,14-16H2,1-4H3,(H2,30,36)(H,31,38)(H,33,37)/t21-,22+,26-/m1/s1. The maximum absolute atomic E-state index is 13.7. The number of nitrogens with two attached hydrogens (primary N) is 1. The van der Waals surface area contributed by atoms with E-state index < -0.39 is 29.5 Å². The quantitative estimate of drug-likeness (QED) is 0.287. The topological polar surface area (TPSA) is 155 Å². The lowest BCUT2D eigenvalue weighted by Gasteiger charge is -2.35. The second-order valence-corrected chi connectivity index (χ2v) is 12.3. The van der Waals surface area contributed by atoms with E-state index in [0.717, 1.165) is 21.7 Å². The fourth-order valence-corrected chi connectivity index (χ4v) is 5.59. The SMILES string of the molecule is Cc1ncsc1-c1ccc(CNC(=O)[C@@H]2C[C@@H](O)CN2C(=O)[C@@H](NC(=O)CCCCCC(N)=O)C(C)(C)C)cc1. The Morgan fingerprint density at radius 1 is 1.12 bits per heavy atom. The Morgan fingerprint density at radius 3 is 2.40 bits per heavy atom. The minimum Gasteiger partial charge on any atom is -0.391 e. The number of aliphatic hydroxyl groups is 1. The molecule has 2 heterocycles. The molecule has 0 aliphatic carbocycles. The van der Waals surface area contributed by atoms with Gasteiger partial charge in [0.05, 0.1) is 22.2 Å². The summed E-state index contributed by atoms with van der Waals surface area (Å²) in [6.45, 7) is 7.82.